The van der Waals surface area contributed by atoms with Crippen LogP contribution in [0.3, 0.4) is 0 Å². The normalized spacial score (nSPS) is 14.3. The summed E-state index contributed by atoms with van der Waals surface area (Å²) in [6, 6.07) is 11.5. The zero-order valence-corrected chi connectivity index (χ0v) is 12.3. The van der Waals surface area contributed by atoms with Gasteiger partial charge in [-0.05, 0) is 35.9 Å². The Kier molecular flexibility index (Phi) is 3.73. The molecule has 0 aliphatic carbocycles. The number of hydrogen-bond donors (Lipinski definition) is 2. The first-order valence-electron chi connectivity index (χ1n) is 6.70. The van der Waals surface area contributed by atoms with Crippen molar-refractivity contribution in [2.45, 2.75) is 6.54 Å². The van der Waals surface area contributed by atoms with Crippen molar-refractivity contribution < 1.29 is 14.7 Å². The van der Waals surface area contributed by atoms with Crippen LogP contribution < -0.4 is 10.2 Å². The van der Waals surface area contributed by atoms with E-state index in [2.05, 4.69) is 5.32 Å². The summed E-state index contributed by atoms with van der Waals surface area (Å²) in [5.41, 5.74) is 1.75. The topological polar surface area (TPSA) is 69.6 Å². The Hall–Kier alpha value is -2.53. The van der Waals surface area contributed by atoms with E-state index in [-0.39, 0.29) is 24.1 Å². The van der Waals surface area contributed by atoms with Gasteiger partial charge in [0.2, 0.25) is 5.91 Å². The van der Waals surface area contributed by atoms with Crippen LogP contribution in [0.1, 0.15) is 15.9 Å². The first-order valence-corrected chi connectivity index (χ1v) is 7.08. The number of benzene rings is 2. The fourth-order valence-electron chi connectivity index (χ4n) is 2.36. The fourth-order valence-corrected chi connectivity index (χ4v) is 2.54. The second-order valence-electron chi connectivity index (χ2n) is 4.99. The predicted octanol–water partition coefficient (Wildman–Crippen LogP) is 2.32. The van der Waals surface area contributed by atoms with Gasteiger partial charge in [-0.25, -0.2) is 0 Å². The molecule has 22 heavy (non-hydrogen) atoms. The highest BCUT2D eigenvalue weighted by atomic mass is 35.5. The lowest BCUT2D eigenvalue weighted by molar-refractivity contribution is -0.117. The third-order valence-electron chi connectivity index (χ3n) is 3.47. The molecular formula is C16H13ClN2O3. The highest BCUT2D eigenvalue weighted by Gasteiger charge is 2.26. The SMILES string of the molecule is O=C1NCC(=O)N(Cc2ccc(O)cc2)c2ccc(Cl)cc21. The van der Waals surface area contributed by atoms with Crippen LogP contribution in [0.4, 0.5) is 5.69 Å². The number of nitrogens with zero attached hydrogens (tertiary/aromatic N) is 1. The van der Waals surface area contributed by atoms with Crippen LogP contribution >= 0.6 is 11.6 Å². The Morgan fingerprint density at radius 3 is 2.59 bits per heavy atom. The number of phenols is 1. The Labute approximate surface area is 132 Å². The molecule has 112 valence electrons. The van der Waals surface area contributed by atoms with Gasteiger partial charge in [0.1, 0.15) is 5.75 Å². The van der Waals surface area contributed by atoms with E-state index in [9.17, 15) is 14.7 Å². The number of nitrogens with one attached hydrogen (secondary N) is 1. The molecule has 1 aliphatic rings. The van der Waals surface area contributed by atoms with Crippen molar-refractivity contribution in [3.63, 3.8) is 0 Å². The van der Waals surface area contributed by atoms with E-state index in [0.29, 0.717) is 22.8 Å². The molecule has 0 radical (unpaired) electrons. The van der Waals surface area contributed by atoms with E-state index >= 15 is 0 Å². The second-order valence-corrected chi connectivity index (χ2v) is 5.43. The third kappa shape index (κ3) is 2.76. The molecule has 5 nitrogen and oxygen atoms in total. The van der Waals surface area contributed by atoms with Gasteiger partial charge >= 0.3 is 0 Å². The number of rotatable bonds is 2. The van der Waals surface area contributed by atoms with Crippen LogP contribution in [0.15, 0.2) is 42.5 Å². The second kappa shape index (κ2) is 5.69. The molecular weight excluding hydrogens is 304 g/mol. The first kappa shape index (κ1) is 14.4. The average molecular weight is 317 g/mol. The number of aromatic hydroxyl groups is 1. The summed E-state index contributed by atoms with van der Waals surface area (Å²) >= 11 is 5.95. The van der Waals surface area contributed by atoms with E-state index in [1.807, 2.05) is 0 Å². The average Bonchev–Trinajstić information content (AvgIpc) is 2.62. The Morgan fingerprint density at radius 2 is 1.86 bits per heavy atom. The van der Waals surface area contributed by atoms with Crippen LogP contribution in [0.25, 0.3) is 0 Å². The molecule has 2 aromatic rings. The summed E-state index contributed by atoms with van der Waals surface area (Å²) in [4.78, 5) is 25.9. The lowest BCUT2D eigenvalue weighted by atomic mass is 10.1. The number of halogens is 1. The zero-order chi connectivity index (χ0) is 15.7. The summed E-state index contributed by atoms with van der Waals surface area (Å²) in [6.45, 7) is 0.242. The van der Waals surface area contributed by atoms with Crippen molar-refractivity contribution in [2.75, 3.05) is 11.4 Å². The lowest BCUT2D eigenvalue weighted by Crippen LogP contribution is -2.36. The van der Waals surface area contributed by atoms with E-state index in [4.69, 9.17) is 11.6 Å². The lowest BCUT2D eigenvalue weighted by Gasteiger charge is -2.22. The molecule has 2 amide bonds. The molecule has 2 aromatic carbocycles. The summed E-state index contributed by atoms with van der Waals surface area (Å²) in [5.74, 6) is -0.364. The molecule has 0 spiro atoms. The molecule has 3 rings (SSSR count). The van der Waals surface area contributed by atoms with Gasteiger partial charge in [0.25, 0.3) is 5.91 Å². The minimum absolute atomic E-state index is 0.0663. The van der Waals surface area contributed by atoms with Crippen molar-refractivity contribution in [3.8, 4) is 5.75 Å². The number of hydrogen-bond acceptors (Lipinski definition) is 3. The Morgan fingerprint density at radius 1 is 1.14 bits per heavy atom. The maximum atomic E-state index is 12.3. The Bertz CT molecular complexity index is 744. The van der Waals surface area contributed by atoms with Gasteiger partial charge in [0.05, 0.1) is 24.3 Å². The minimum Gasteiger partial charge on any atom is -0.508 e. The molecule has 0 fully saturated rings. The largest absolute Gasteiger partial charge is 0.508 e. The zero-order valence-electron chi connectivity index (χ0n) is 11.5. The van der Waals surface area contributed by atoms with Gasteiger partial charge in [0, 0.05) is 5.02 Å². The van der Waals surface area contributed by atoms with Gasteiger partial charge in [-0.3, -0.25) is 9.59 Å². The van der Waals surface area contributed by atoms with Crippen LogP contribution in [-0.2, 0) is 11.3 Å². The number of anilines is 1. The van der Waals surface area contributed by atoms with Gasteiger partial charge in [-0.15, -0.1) is 0 Å². The summed E-state index contributed by atoms with van der Waals surface area (Å²) in [5, 5.41) is 12.3. The van der Waals surface area contributed by atoms with Gasteiger partial charge in [-0.1, -0.05) is 23.7 Å². The van der Waals surface area contributed by atoms with E-state index in [1.54, 1.807) is 42.5 Å². The van der Waals surface area contributed by atoms with E-state index in [0.717, 1.165) is 5.56 Å². The van der Waals surface area contributed by atoms with Crippen LogP contribution in [0.2, 0.25) is 5.02 Å². The summed E-state index contributed by atoms with van der Waals surface area (Å²) in [6.07, 6.45) is 0. The van der Waals surface area contributed by atoms with E-state index < -0.39 is 0 Å². The molecule has 1 aliphatic heterocycles. The molecule has 0 saturated carbocycles. The molecule has 6 heteroatoms. The maximum Gasteiger partial charge on any atom is 0.253 e. The standard InChI is InChI=1S/C16H13ClN2O3/c17-11-3-6-14-13(7-11)16(22)18-8-15(21)19(14)9-10-1-4-12(20)5-2-10/h1-7,20H,8-9H2,(H,18,22). The monoisotopic (exact) mass is 316 g/mol. The molecule has 0 atom stereocenters. The number of amides is 2. The van der Waals surface area contributed by atoms with Crippen molar-refractivity contribution in [2.24, 2.45) is 0 Å². The predicted molar refractivity (Wildman–Crippen MR) is 83.1 cm³/mol. The number of carbonyl (C=O) groups excluding carboxylic acids is 2. The summed E-state index contributed by atoms with van der Waals surface area (Å²) < 4.78 is 0. The quantitative estimate of drug-likeness (QED) is 0.893. The summed E-state index contributed by atoms with van der Waals surface area (Å²) in [7, 11) is 0. The minimum atomic E-state index is -0.320. The van der Waals surface area contributed by atoms with Gasteiger partial charge < -0.3 is 15.3 Å². The molecule has 0 aromatic heterocycles. The third-order valence-corrected chi connectivity index (χ3v) is 3.71. The molecule has 1 heterocycles. The number of phenolic OH excluding ortho intramolecular Hbond substituents is 1. The van der Waals surface area contributed by atoms with Crippen LogP contribution in [0.5, 0.6) is 5.75 Å². The Balaban J connectivity index is 2.01. The molecule has 0 saturated heterocycles. The number of carbonyl (C=O) groups is 2. The molecule has 2 N–H and O–H groups in total. The smallest absolute Gasteiger partial charge is 0.253 e. The first-order chi connectivity index (χ1) is 10.5. The van der Waals surface area contributed by atoms with Crippen molar-refractivity contribution >= 4 is 29.1 Å². The van der Waals surface area contributed by atoms with Crippen LogP contribution in [-0.4, -0.2) is 23.5 Å². The van der Waals surface area contributed by atoms with Crippen LogP contribution in [0, 0.1) is 0 Å². The van der Waals surface area contributed by atoms with Gasteiger partial charge in [0.15, 0.2) is 0 Å². The molecule has 0 unspecified atom stereocenters. The van der Waals surface area contributed by atoms with Crippen molar-refractivity contribution in [3.05, 3.63) is 58.6 Å². The van der Waals surface area contributed by atoms with Crippen molar-refractivity contribution in [1.82, 2.24) is 5.32 Å². The highest BCUT2D eigenvalue weighted by Crippen LogP contribution is 2.27. The number of fused-ring (bicyclic) bond motifs is 1. The highest BCUT2D eigenvalue weighted by molar-refractivity contribution is 6.31. The maximum absolute atomic E-state index is 12.3. The van der Waals surface area contributed by atoms with Gasteiger partial charge in [-0.2, -0.15) is 0 Å². The fraction of sp³-hybridized carbons (Fsp3) is 0.125. The van der Waals surface area contributed by atoms with E-state index in [1.165, 1.54) is 4.90 Å². The van der Waals surface area contributed by atoms with Crippen molar-refractivity contribution in [1.29, 1.82) is 0 Å². The molecule has 0 bridgehead atoms.